The summed E-state index contributed by atoms with van der Waals surface area (Å²) in [6, 6.07) is 2.07. The van der Waals surface area contributed by atoms with E-state index in [0.717, 1.165) is 34.9 Å². The molecule has 0 radical (unpaired) electrons. The third-order valence-corrected chi connectivity index (χ3v) is 3.97. The summed E-state index contributed by atoms with van der Waals surface area (Å²) in [7, 11) is 4.05. The predicted octanol–water partition coefficient (Wildman–Crippen LogP) is 3.36. The molecule has 0 unspecified atom stereocenters. The minimum atomic E-state index is 0.812. The van der Waals surface area contributed by atoms with E-state index in [4.69, 9.17) is 0 Å². The molecule has 4 nitrogen and oxygen atoms in total. The van der Waals surface area contributed by atoms with Crippen molar-refractivity contribution < 1.29 is 0 Å². The molecule has 0 spiro atoms. The molecule has 1 N–H and O–H groups in total. The van der Waals surface area contributed by atoms with Crippen LogP contribution >= 0.6 is 11.3 Å². The fraction of sp³-hybridized carbons (Fsp3) is 0.571. The highest BCUT2D eigenvalue weighted by Gasteiger charge is 2.09. The molecule has 2 aromatic heterocycles. The van der Waals surface area contributed by atoms with Gasteiger partial charge in [-0.2, -0.15) is 0 Å². The van der Waals surface area contributed by atoms with Gasteiger partial charge in [0.2, 0.25) is 0 Å². The fourth-order valence-corrected chi connectivity index (χ4v) is 2.90. The molecule has 0 aliphatic carbocycles. The topological polar surface area (TPSA) is 41.1 Å². The summed E-state index contributed by atoms with van der Waals surface area (Å²) in [5, 5.41) is 6.34. The van der Waals surface area contributed by atoms with E-state index < -0.39 is 0 Å². The van der Waals surface area contributed by atoms with Crippen LogP contribution in [0.5, 0.6) is 0 Å². The van der Waals surface area contributed by atoms with E-state index in [0.29, 0.717) is 0 Å². The lowest BCUT2D eigenvalue weighted by atomic mass is 10.2. The molecule has 0 aliphatic heterocycles. The van der Waals surface area contributed by atoms with Gasteiger partial charge in [0.15, 0.2) is 0 Å². The lowest BCUT2D eigenvalue weighted by Crippen LogP contribution is -2.20. The number of unbranched alkanes of at least 4 members (excludes halogenated alkanes) is 2. The molecule has 0 saturated heterocycles. The number of thiophene rings is 1. The minimum absolute atomic E-state index is 0.812. The van der Waals surface area contributed by atoms with Gasteiger partial charge in [-0.05, 0) is 31.5 Å². The van der Waals surface area contributed by atoms with Gasteiger partial charge in [0.25, 0.3) is 0 Å². The average Bonchev–Trinajstić information content (AvgIpc) is 2.86. The van der Waals surface area contributed by atoms with Gasteiger partial charge in [0.1, 0.15) is 16.5 Å². The third-order valence-electron chi connectivity index (χ3n) is 3.16. The first kappa shape index (κ1) is 14.2. The molecule has 0 fully saturated rings. The third kappa shape index (κ3) is 3.64. The van der Waals surface area contributed by atoms with Gasteiger partial charge in [0.05, 0.1) is 11.9 Å². The molecule has 2 rings (SSSR count). The van der Waals surface area contributed by atoms with Gasteiger partial charge < -0.3 is 5.32 Å². The van der Waals surface area contributed by atoms with Crippen molar-refractivity contribution >= 4 is 27.4 Å². The SMILES string of the molecule is CCCCCN(C)Cc1nc(NC)c2ccsc2n1. The molecular formula is C14H22N4S. The number of hydrogen-bond acceptors (Lipinski definition) is 5. The van der Waals surface area contributed by atoms with E-state index in [1.165, 1.54) is 19.3 Å². The average molecular weight is 278 g/mol. The summed E-state index contributed by atoms with van der Waals surface area (Å²) in [5.41, 5.74) is 0. The van der Waals surface area contributed by atoms with E-state index in [1.54, 1.807) is 11.3 Å². The van der Waals surface area contributed by atoms with E-state index in [9.17, 15) is 0 Å². The van der Waals surface area contributed by atoms with Crippen LogP contribution in [-0.2, 0) is 6.54 Å². The van der Waals surface area contributed by atoms with Crippen LogP contribution in [0, 0.1) is 0 Å². The normalized spacial score (nSPS) is 11.4. The zero-order chi connectivity index (χ0) is 13.7. The van der Waals surface area contributed by atoms with Crippen molar-refractivity contribution in [2.24, 2.45) is 0 Å². The number of hydrogen-bond donors (Lipinski definition) is 1. The minimum Gasteiger partial charge on any atom is -0.372 e. The van der Waals surface area contributed by atoms with E-state index in [1.807, 2.05) is 7.05 Å². The second-order valence-electron chi connectivity index (χ2n) is 4.82. The molecule has 0 aliphatic rings. The Bertz CT molecular complexity index is 523. The van der Waals surface area contributed by atoms with Gasteiger partial charge in [-0.25, -0.2) is 9.97 Å². The summed E-state index contributed by atoms with van der Waals surface area (Å²) in [4.78, 5) is 12.6. The number of rotatable bonds is 7. The zero-order valence-corrected chi connectivity index (χ0v) is 12.8. The Kier molecular flexibility index (Phi) is 5.10. The van der Waals surface area contributed by atoms with Crippen molar-refractivity contribution in [1.82, 2.24) is 14.9 Å². The largest absolute Gasteiger partial charge is 0.372 e. The monoisotopic (exact) mass is 278 g/mol. The molecule has 0 aromatic carbocycles. The molecule has 104 valence electrons. The summed E-state index contributed by atoms with van der Waals surface area (Å²) >= 11 is 1.67. The van der Waals surface area contributed by atoms with E-state index in [-0.39, 0.29) is 0 Å². The van der Waals surface area contributed by atoms with Crippen molar-refractivity contribution in [3.05, 3.63) is 17.3 Å². The first-order chi connectivity index (χ1) is 9.24. The molecular weight excluding hydrogens is 256 g/mol. The second kappa shape index (κ2) is 6.82. The summed E-state index contributed by atoms with van der Waals surface area (Å²) in [5.74, 6) is 1.83. The van der Waals surface area contributed by atoms with Crippen molar-refractivity contribution in [3.8, 4) is 0 Å². The van der Waals surface area contributed by atoms with Gasteiger partial charge in [-0.15, -0.1) is 11.3 Å². The maximum atomic E-state index is 4.64. The molecule has 2 heterocycles. The molecule has 19 heavy (non-hydrogen) atoms. The molecule has 2 aromatic rings. The van der Waals surface area contributed by atoms with Crippen LogP contribution in [0.1, 0.15) is 32.0 Å². The van der Waals surface area contributed by atoms with Crippen LogP contribution in [0.2, 0.25) is 0 Å². The second-order valence-corrected chi connectivity index (χ2v) is 5.72. The smallest absolute Gasteiger partial charge is 0.146 e. The highest BCUT2D eigenvalue weighted by molar-refractivity contribution is 7.16. The number of fused-ring (bicyclic) bond motifs is 1. The zero-order valence-electron chi connectivity index (χ0n) is 11.9. The van der Waals surface area contributed by atoms with Crippen molar-refractivity contribution in [2.75, 3.05) is 26.0 Å². The lowest BCUT2D eigenvalue weighted by Gasteiger charge is -2.15. The first-order valence-corrected chi connectivity index (χ1v) is 7.73. The number of anilines is 1. The maximum absolute atomic E-state index is 4.64. The first-order valence-electron chi connectivity index (χ1n) is 6.85. The molecule has 0 atom stereocenters. The Morgan fingerprint density at radius 2 is 2.16 bits per heavy atom. The van der Waals surface area contributed by atoms with E-state index >= 15 is 0 Å². The van der Waals surface area contributed by atoms with E-state index in [2.05, 4.69) is 45.6 Å². The molecule has 5 heteroatoms. The maximum Gasteiger partial charge on any atom is 0.146 e. The fourth-order valence-electron chi connectivity index (χ4n) is 2.11. The van der Waals surface area contributed by atoms with Crippen LogP contribution < -0.4 is 5.32 Å². The van der Waals surface area contributed by atoms with Gasteiger partial charge in [0, 0.05) is 7.05 Å². The van der Waals surface area contributed by atoms with Crippen LogP contribution in [-0.4, -0.2) is 35.5 Å². The van der Waals surface area contributed by atoms with Gasteiger partial charge >= 0.3 is 0 Å². The predicted molar refractivity (Wildman–Crippen MR) is 82.8 cm³/mol. The van der Waals surface area contributed by atoms with Gasteiger partial charge in [-0.1, -0.05) is 19.8 Å². The van der Waals surface area contributed by atoms with Crippen molar-refractivity contribution in [2.45, 2.75) is 32.7 Å². The number of nitrogens with one attached hydrogen (secondary N) is 1. The van der Waals surface area contributed by atoms with Crippen molar-refractivity contribution in [1.29, 1.82) is 0 Å². The van der Waals surface area contributed by atoms with Crippen LogP contribution in [0.4, 0.5) is 5.82 Å². The van der Waals surface area contributed by atoms with Crippen LogP contribution in [0.3, 0.4) is 0 Å². The Balaban J connectivity index is 2.07. The molecule has 0 bridgehead atoms. The Morgan fingerprint density at radius 3 is 2.89 bits per heavy atom. The summed E-state index contributed by atoms with van der Waals surface area (Å²) in [6.07, 6.45) is 3.79. The number of aromatic nitrogens is 2. The quantitative estimate of drug-likeness (QED) is 0.789. The Morgan fingerprint density at radius 1 is 1.32 bits per heavy atom. The molecule has 0 saturated carbocycles. The van der Waals surface area contributed by atoms with Crippen LogP contribution in [0.25, 0.3) is 10.2 Å². The molecule has 0 amide bonds. The van der Waals surface area contributed by atoms with Crippen molar-refractivity contribution in [3.63, 3.8) is 0 Å². The highest BCUT2D eigenvalue weighted by Crippen LogP contribution is 2.24. The summed E-state index contributed by atoms with van der Waals surface area (Å²) < 4.78 is 0. The lowest BCUT2D eigenvalue weighted by molar-refractivity contribution is 0.311. The Labute approximate surface area is 118 Å². The summed E-state index contributed by atoms with van der Waals surface area (Å²) in [6.45, 7) is 4.15. The number of nitrogens with zero attached hydrogens (tertiary/aromatic N) is 3. The Hall–Kier alpha value is -1.20. The highest BCUT2D eigenvalue weighted by atomic mass is 32.1. The van der Waals surface area contributed by atoms with Crippen LogP contribution in [0.15, 0.2) is 11.4 Å². The van der Waals surface area contributed by atoms with Gasteiger partial charge in [-0.3, -0.25) is 4.90 Å². The standard InChI is InChI=1S/C14H22N4S/c1-4-5-6-8-18(3)10-12-16-13(15-2)11-7-9-19-14(11)17-12/h7,9H,4-6,8,10H2,1-3H3,(H,15,16,17).